The van der Waals surface area contributed by atoms with Crippen molar-refractivity contribution in [2.24, 2.45) is 0 Å². The Morgan fingerprint density at radius 1 is 0.679 bits per heavy atom. The Morgan fingerprint density at radius 2 is 1.04 bits per heavy atom. The van der Waals surface area contributed by atoms with Crippen LogP contribution in [0.15, 0.2) is 4.90 Å². The lowest BCUT2D eigenvalue weighted by Gasteiger charge is -2.36. The second kappa shape index (κ2) is 8.39. The van der Waals surface area contributed by atoms with E-state index in [0.29, 0.717) is 18.0 Å². The monoisotopic (exact) mass is 431 g/mol. The van der Waals surface area contributed by atoms with Crippen molar-refractivity contribution >= 4 is 20.2 Å². The van der Waals surface area contributed by atoms with Crippen LogP contribution in [0.4, 0.5) is 0 Å². The van der Waals surface area contributed by atoms with Crippen molar-refractivity contribution in [2.75, 3.05) is 39.3 Å². The van der Waals surface area contributed by atoms with Crippen molar-refractivity contribution in [3.63, 3.8) is 0 Å². The first kappa shape index (κ1) is 23.3. The highest BCUT2D eigenvalue weighted by Gasteiger charge is 2.36. The SMILES string of the molecule is CCN(CC)S(=O)(=O)N1CCN(S(=O)(=O)c2c(C)c(C)c(C)c(C)c2C)CC1. The molecule has 2 rings (SSSR count). The van der Waals surface area contributed by atoms with Crippen LogP contribution in [0.1, 0.15) is 41.7 Å². The van der Waals surface area contributed by atoms with E-state index in [2.05, 4.69) is 0 Å². The molecule has 0 amide bonds. The van der Waals surface area contributed by atoms with Crippen LogP contribution in [-0.2, 0) is 20.2 Å². The zero-order chi connectivity index (χ0) is 21.4. The van der Waals surface area contributed by atoms with Gasteiger partial charge in [-0.1, -0.05) is 13.8 Å². The van der Waals surface area contributed by atoms with Crippen LogP contribution in [0.5, 0.6) is 0 Å². The molecule has 0 aliphatic carbocycles. The van der Waals surface area contributed by atoms with Gasteiger partial charge in [-0.05, 0) is 62.4 Å². The van der Waals surface area contributed by atoms with E-state index in [1.54, 1.807) is 13.8 Å². The first-order valence-electron chi connectivity index (χ1n) is 9.73. The van der Waals surface area contributed by atoms with E-state index in [9.17, 15) is 16.8 Å². The van der Waals surface area contributed by atoms with Gasteiger partial charge in [0.1, 0.15) is 0 Å². The van der Waals surface area contributed by atoms with Crippen LogP contribution < -0.4 is 0 Å². The summed E-state index contributed by atoms with van der Waals surface area (Å²) in [6, 6.07) is 0. The molecule has 0 atom stereocenters. The molecule has 28 heavy (non-hydrogen) atoms. The molecular formula is C19H33N3O4S2. The lowest BCUT2D eigenvalue weighted by Crippen LogP contribution is -2.54. The Labute approximate surface area is 170 Å². The molecule has 0 radical (unpaired) electrons. The quantitative estimate of drug-likeness (QED) is 0.691. The third-order valence-corrected chi connectivity index (χ3v) is 10.4. The van der Waals surface area contributed by atoms with Crippen LogP contribution in [0.25, 0.3) is 0 Å². The van der Waals surface area contributed by atoms with Crippen molar-refractivity contribution in [2.45, 2.75) is 53.4 Å². The number of benzene rings is 1. The molecule has 1 aliphatic rings. The van der Waals surface area contributed by atoms with Gasteiger partial charge in [0.15, 0.2) is 0 Å². The van der Waals surface area contributed by atoms with E-state index < -0.39 is 20.2 Å². The molecule has 1 aliphatic heterocycles. The van der Waals surface area contributed by atoms with Crippen LogP contribution in [0.2, 0.25) is 0 Å². The maximum absolute atomic E-state index is 13.4. The molecule has 1 heterocycles. The van der Waals surface area contributed by atoms with Gasteiger partial charge in [0.2, 0.25) is 10.0 Å². The maximum atomic E-state index is 13.4. The zero-order valence-corrected chi connectivity index (χ0v) is 19.7. The second-order valence-corrected chi connectivity index (χ2v) is 11.2. The van der Waals surface area contributed by atoms with Crippen molar-refractivity contribution in [1.29, 1.82) is 0 Å². The third-order valence-electron chi connectivity index (χ3n) is 6.08. The Morgan fingerprint density at radius 3 is 1.43 bits per heavy atom. The minimum absolute atomic E-state index is 0.160. The Bertz CT molecular complexity index is 915. The van der Waals surface area contributed by atoms with Crippen LogP contribution >= 0.6 is 0 Å². The fraction of sp³-hybridized carbons (Fsp3) is 0.684. The topological polar surface area (TPSA) is 78.0 Å². The lowest BCUT2D eigenvalue weighted by atomic mass is 9.95. The van der Waals surface area contributed by atoms with Crippen LogP contribution in [-0.4, -0.2) is 69.0 Å². The number of nitrogens with zero attached hydrogens (tertiary/aromatic N) is 3. The Kier molecular flexibility index (Phi) is 6.98. The number of sulfonamides is 1. The minimum Gasteiger partial charge on any atom is -0.207 e. The summed E-state index contributed by atoms with van der Waals surface area (Å²) in [5.74, 6) is 0. The smallest absolute Gasteiger partial charge is 0.207 e. The predicted octanol–water partition coefficient (Wildman–Crippen LogP) is 2.12. The molecule has 1 aromatic rings. The van der Waals surface area contributed by atoms with Gasteiger partial charge in [-0.3, -0.25) is 0 Å². The van der Waals surface area contributed by atoms with E-state index in [1.165, 1.54) is 12.9 Å². The van der Waals surface area contributed by atoms with Gasteiger partial charge in [0, 0.05) is 39.3 Å². The van der Waals surface area contributed by atoms with Crippen molar-refractivity contribution < 1.29 is 16.8 Å². The summed E-state index contributed by atoms with van der Waals surface area (Å²) >= 11 is 0. The highest BCUT2D eigenvalue weighted by Crippen LogP contribution is 2.32. The molecule has 9 heteroatoms. The number of hydrogen-bond acceptors (Lipinski definition) is 4. The van der Waals surface area contributed by atoms with Crippen molar-refractivity contribution in [1.82, 2.24) is 12.9 Å². The van der Waals surface area contributed by atoms with Gasteiger partial charge in [-0.2, -0.15) is 21.3 Å². The Balaban J connectivity index is 2.33. The molecule has 1 aromatic carbocycles. The molecule has 0 bridgehead atoms. The minimum atomic E-state index is -3.69. The highest BCUT2D eigenvalue weighted by atomic mass is 32.2. The molecular weight excluding hydrogens is 398 g/mol. The summed E-state index contributed by atoms with van der Waals surface area (Å²) in [7, 11) is -7.24. The van der Waals surface area contributed by atoms with E-state index >= 15 is 0 Å². The largest absolute Gasteiger partial charge is 0.282 e. The van der Waals surface area contributed by atoms with E-state index in [4.69, 9.17) is 0 Å². The molecule has 0 aromatic heterocycles. The summed E-state index contributed by atoms with van der Waals surface area (Å²) in [4.78, 5) is 0.369. The van der Waals surface area contributed by atoms with E-state index in [1.807, 2.05) is 34.6 Å². The zero-order valence-electron chi connectivity index (χ0n) is 18.0. The molecule has 0 N–H and O–H groups in total. The van der Waals surface area contributed by atoms with E-state index in [0.717, 1.165) is 27.8 Å². The normalized spacial score (nSPS) is 17.4. The van der Waals surface area contributed by atoms with Gasteiger partial charge >= 0.3 is 0 Å². The summed E-state index contributed by atoms with van der Waals surface area (Å²) in [6.07, 6.45) is 0. The molecule has 7 nitrogen and oxygen atoms in total. The van der Waals surface area contributed by atoms with Crippen molar-refractivity contribution in [3.05, 3.63) is 27.8 Å². The van der Waals surface area contributed by atoms with Gasteiger partial charge in [0.05, 0.1) is 4.90 Å². The molecule has 160 valence electrons. The summed E-state index contributed by atoms with van der Waals surface area (Å²) in [5.41, 5.74) is 4.65. The van der Waals surface area contributed by atoms with Crippen LogP contribution in [0, 0.1) is 34.6 Å². The fourth-order valence-electron chi connectivity index (χ4n) is 3.84. The van der Waals surface area contributed by atoms with Gasteiger partial charge in [-0.15, -0.1) is 0 Å². The van der Waals surface area contributed by atoms with Crippen LogP contribution in [0.3, 0.4) is 0 Å². The number of rotatable bonds is 6. The van der Waals surface area contributed by atoms with E-state index in [-0.39, 0.29) is 26.2 Å². The number of piperazine rings is 1. The molecule has 0 saturated carbocycles. The molecule has 1 fully saturated rings. The average Bonchev–Trinajstić information content (AvgIpc) is 2.65. The Hall–Kier alpha value is -1.00. The van der Waals surface area contributed by atoms with Gasteiger partial charge in [-0.25, -0.2) is 8.42 Å². The van der Waals surface area contributed by atoms with Gasteiger partial charge in [0.25, 0.3) is 10.2 Å². The van der Waals surface area contributed by atoms with Gasteiger partial charge < -0.3 is 0 Å². The fourth-order valence-corrected chi connectivity index (χ4v) is 7.42. The predicted molar refractivity (Wildman–Crippen MR) is 112 cm³/mol. The summed E-state index contributed by atoms with van der Waals surface area (Å²) in [6.45, 7) is 14.7. The summed E-state index contributed by atoms with van der Waals surface area (Å²) in [5, 5.41) is 0. The third kappa shape index (κ3) is 3.87. The maximum Gasteiger partial charge on any atom is 0.282 e. The van der Waals surface area contributed by atoms with Crippen molar-refractivity contribution in [3.8, 4) is 0 Å². The number of hydrogen-bond donors (Lipinski definition) is 0. The standard InChI is InChI=1S/C19H33N3O4S2/c1-8-20(9-2)28(25,26)22-12-10-21(11-13-22)27(23,24)19-17(6)15(4)14(3)16(5)18(19)7/h8-13H2,1-7H3. The highest BCUT2D eigenvalue weighted by molar-refractivity contribution is 7.89. The molecule has 0 spiro atoms. The summed E-state index contributed by atoms with van der Waals surface area (Å²) < 4.78 is 56.4. The second-order valence-electron chi connectivity index (χ2n) is 7.35. The first-order chi connectivity index (χ1) is 12.9. The average molecular weight is 432 g/mol. The molecule has 1 saturated heterocycles. The lowest BCUT2D eigenvalue weighted by molar-refractivity contribution is 0.256. The molecule has 0 unspecified atom stereocenters. The first-order valence-corrected chi connectivity index (χ1v) is 12.6.